The van der Waals surface area contributed by atoms with Gasteiger partial charge in [0.15, 0.2) is 4.32 Å². The van der Waals surface area contributed by atoms with Crippen LogP contribution in [0.1, 0.15) is 6.42 Å². The maximum absolute atomic E-state index is 2.52. The van der Waals surface area contributed by atoms with E-state index in [0.29, 0.717) is 4.32 Å². The van der Waals surface area contributed by atoms with Crippen molar-refractivity contribution >= 4 is 41.4 Å². The van der Waals surface area contributed by atoms with Crippen LogP contribution in [0.5, 0.6) is 0 Å². The van der Waals surface area contributed by atoms with Crippen LogP contribution in [0.25, 0.3) is 0 Å². The van der Waals surface area contributed by atoms with E-state index in [2.05, 4.69) is 90.9 Å². The third kappa shape index (κ3) is 2.79. The minimum absolute atomic E-state index is 0.709. The van der Waals surface area contributed by atoms with Gasteiger partial charge in [-0.1, -0.05) is 36.4 Å². The van der Waals surface area contributed by atoms with Crippen LogP contribution in [0.3, 0.4) is 0 Å². The van der Waals surface area contributed by atoms with Gasteiger partial charge in [0.2, 0.25) is 0 Å². The van der Waals surface area contributed by atoms with Crippen molar-refractivity contribution in [3.63, 3.8) is 0 Å². The van der Waals surface area contributed by atoms with E-state index in [1.165, 1.54) is 28.5 Å². The molecule has 2 aromatic carbocycles. The summed E-state index contributed by atoms with van der Waals surface area (Å²) in [6.45, 7) is 2.52. The lowest BCUT2D eigenvalue weighted by Gasteiger charge is -2.32. The molecule has 0 nitrogen and oxygen atoms in total. The van der Waals surface area contributed by atoms with E-state index < -0.39 is 7.26 Å². The molecule has 0 saturated carbocycles. The molecule has 3 rings (SSSR count). The minimum Gasteiger partial charge on any atom is -0.107 e. The number of thioether (sulfide) groups is 2. The van der Waals surface area contributed by atoms with Crippen LogP contribution in [0.4, 0.5) is 0 Å². The van der Waals surface area contributed by atoms with Gasteiger partial charge in [-0.05, 0) is 42.2 Å². The van der Waals surface area contributed by atoms with Crippen LogP contribution < -0.4 is 10.6 Å². The highest BCUT2D eigenvalue weighted by molar-refractivity contribution is 8.28. The lowest BCUT2D eigenvalue weighted by molar-refractivity contribution is 1.11. The predicted octanol–water partition coefficient (Wildman–Crippen LogP) is 4.44. The zero-order valence-electron chi connectivity index (χ0n) is 11.7. The fourth-order valence-corrected chi connectivity index (χ4v) is 11.7. The zero-order valence-corrected chi connectivity index (χ0v) is 14.3. The topological polar surface area (TPSA) is 0 Å². The number of benzene rings is 2. The van der Waals surface area contributed by atoms with Gasteiger partial charge in [-0.2, -0.15) is 0 Å². The molecule has 0 N–H and O–H groups in total. The lowest BCUT2D eigenvalue weighted by atomic mass is 10.4. The second-order valence-corrected chi connectivity index (χ2v) is 12.3. The molecule has 0 unspecified atom stereocenters. The molecular weight excluding hydrogens is 299 g/mol. The first-order valence-electron chi connectivity index (χ1n) is 7.02. The number of hydrogen-bond donors (Lipinski definition) is 0. The summed E-state index contributed by atoms with van der Waals surface area (Å²) in [5, 5.41) is 3.08. The molecule has 0 aliphatic carbocycles. The van der Waals surface area contributed by atoms with Crippen LogP contribution >= 0.6 is 30.8 Å². The van der Waals surface area contributed by atoms with Crippen LogP contribution in [-0.4, -0.2) is 22.5 Å². The van der Waals surface area contributed by atoms with Gasteiger partial charge in [0, 0.05) is 0 Å². The number of hydrogen-bond acceptors (Lipinski definition) is 2. The highest BCUT2D eigenvalue weighted by Crippen LogP contribution is 2.65. The molecule has 0 aromatic heterocycles. The van der Waals surface area contributed by atoms with Crippen molar-refractivity contribution in [3.8, 4) is 0 Å². The second kappa shape index (κ2) is 6.56. The van der Waals surface area contributed by atoms with Crippen molar-refractivity contribution in [1.29, 1.82) is 0 Å². The molecule has 1 aliphatic rings. The molecule has 1 aliphatic heterocycles. The Kier molecular flexibility index (Phi) is 4.75. The Hall–Kier alpha value is -0.430. The van der Waals surface area contributed by atoms with Gasteiger partial charge in [0.25, 0.3) is 0 Å². The van der Waals surface area contributed by atoms with Crippen LogP contribution in [0.15, 0.2) is 60.7 Å². The van der Waals surface area contributed by atoms with E-state index in [0.717, 1.165) is 0 Å². The Morgan fingerprint density at radius 1 is 0.800 bits per heavy atom. The second-order valence-electron chi connectivity index (χ2n) is 5.15. The summed E-state index contributed by atoms with van der Waals surface area (Å²) in [7, 11) is -1.32. The molecule has 0 atom stereocenters. The van der Waals surface area contributed by atoms with E-state index in [1.54, 1.807) is 0 Å². The summed E-state index contributed by atoms with van der Waals surface area (Å²) in [6.07, 6.45) is 1.36. The molecule has 1 heterocycles. The summed E-state index contributed by atoms with van der Waals surface area (Å²) in [5.41, 5.74) is 0. The highest BCUT2D eigenvalue weighted by atomic mass is 32.2. The van der Waals surface area contributed by atoms with Gasteiger partial charge in [0.1, 0.15) is 10.6 Å². The molecule has 104 valence electrons. The van der Waals surface area contributed by atoms with Crippen molar-refractivity contribution in [3.05, 3.63) is 60.7 Å². The van der Waals surface area contributed by atoms with E-state index in [4.69, 9.17) is 0 Å². The Labute approximate surface area is 131 Å². The quantitative estimate of drug-likeness (QED) is 0.767. The van der Waals surface area contributed by atoms with Gasteiger partial charge in [-0.15, -0.1) is 23.5 Å². The van der Waals surface area contributed by atoms with E-state index in [1.807, 2.05) is 0 Å². The molecule has 0 bridgehead atoms. The SMILES string of the molecule is C[P+](c1ccccc1)(c1ccccc1)C1SCCCS1. The first kappa shape index (κ1) is 14.5. The van der Waals surface area contributed by atoms with Crippen molar-refractivity contribution in [1.82, 2.24) is 0 Å². The van der Waals surface area contributed by atoms with Crippen molar-refractivity contribution in [2.75, 3.05) is 18.2 Å². The minimum atomic E-state index is -1.32. The Bertz CT molecular complexity index is 496. The van der Waals surface area contributed by atoms with Crippen molar-refractivity contribution in [2.45, 2.75) is 10.7 Å². The van der Waals surface area contributed by atoms with Gasteiger partial charge in [-0.25, -0.2) is 0 Å². The van der Waals surface area contributed by atoms with Gasteiger partial charge >= 0.3 is 0 Å². The van der Waals surface area contributed by atoms with Gasteiger partial charge in [0.05, 0.1) is 13.9 Å². The van der Waals surface area contributed by atoms with Gasteiger partial charge in [-0.3, -0.25) is 0 Å². The molecule has 3 heteroatoms. The number of rotatable bonds is 3. The Morgan fingerprint density at radius 3 is 1.70 bits per heavy atom. The molecule has 0 amide bonds. The molecule has 0 spiro atoms. The van der Waals surface area contributed by atoms with Crippen LogP contribution in [0.2, 0.25) is 0 Å². The van der Waals surface area contributed by atoms with E-state index >= 15 is 0 Å². The average molecular weight is 319 g/mol. The monoisotopic (exact) mass is 319 g/mol. The van der Waals surface area contributed by atoms with Crippen molar-refractivity contribution in [2.24, 2.45) is 0 Å². The summed E-state index contributed by atoms with van der Waals surface area (Å²) in [6, 6.07) is 22.3. The largest absolute Gasteiger partial charge is 0.169 e. The molecule has 0 radical (unpaired) electrons. The molecular formula is C17H20PS2+. The molecule has 1 saturated heterocycles. The predicted molar refractivity (Wildman–Crippen MR) is 98.3 cm³/mol. The van der Waals surface area contributed by atoms with Gasteiger partial charge < -0.3 is 0 Å². The third-order valence-corrected chi connectivity index (χ3v) is 13.3. The zero-order chi connectivity index (χ0) is 13.8. The summed E-state index contributed by atoms with van der Waals surface area (Å²) < 4.78 is 0.709. The summed E-state index contributed by atoms with van der Waals surface area (Å²) in [4.78, 5) is 0. The Balaban J connectivity index is 2.07. The fourth-order valence-electron chi connectivity index (χ4n) is 2.64. The summed E-state index contributed by atoms with van der Waals surface area (Å²) in [5.74, 6) is 2.62. The maximum Gasteiger partial charge on any atom is 0.169 e. The lowest BCUT2D eigenvalue weighted by Crippen LogP contribution is -2.29. The highest BCUT2D eigenvalue weighted by Gasteiger charge is 2.47. The van der Waals surface area contributed by atoms with E-state index in [9.17, 15) is 0 Å². The fraction of sp³-hybridized carbons (Fsp3) is 0.294. The Morgan fingerprint density at radius 2 is 1.25 bits per heavy atom. The smallest absolute Gasteiger partial charge is 0.107 e. The van der Waals surface area contributed by atoms with E-state index in [-0.39, 0.29) is 0 Å². The maximum atomic E-state index is 2.52. The average Bonchev–Trinajstić information content (AvgIpc) is 2.56. The van der Waals surface area contributed by atoms with Crippen LogP contribution in [-0.2, 0) is 0 Å². The molecule has 20 heavy (non-hydrogen) atoms. The first-order valence-corrected chi connectivity index (χ1v) is 11.4. The van der Waals surface area contributed by atoms with Crippen molar-refractivity contribution < 1.29 is 0 Å². The molecule has 2 aromatic rings. The molecule has 1 fully saturated rings. The first-order chi connectivity index (χ1) is 9.82. The summed E-state index contributed by atoms with van der Waals surface area (Å²) >= 11 is 4.34. The normalized spacial score (nSPS) is 17.1. The standard InChI is InChI=1S/C17H20PS2/c1-18(15-9-4-2-5-10-15,16-11-6-3-7-12-16)17-19-13-8-14-20-17/h2-7,9-12,17H,8,13-14H2,1H3/q+1. The third-order valence-electron chi connectivity index (χ3n) is 3.82. The van der Waals surface area contributed by atoms with Crippen LogP contribution in [0, 0.1) is 0 Å².